The van der Waals surface area contributed by atoms with Crippen LogP contribution in [0.15, 0.2) is 23.1 Å². The average Bonchev–Trinajstić information content (AvgIpc) is 2.67. The van der Waals surface area contributed by atoms with Gasteiger partial charge in [0.05, 0.1) is 5.02 Å². The lowest BCUT2D eigenvalue weighted by Gasteiger charge is -2.24. The third kappa shape index (κ3) is 2.45. The normalized spacial score (nSPS) is 27.5. The van der Waals surface area contributed by atoms with Crippen LogP contribution in [-0.2, 0) is 10.0 Å². The first-order valence-electron chi connectivity index (χ1n) is 6.68. The summed E-state index contributed by atoms with van der Waals surface area (Å²) < 4.78 is 40.5. The van der Waals surface area contributed by atoms with Gasteiger partial charge in [0.15, 0.2) is 0 Å². The van der Waals surface area contributed by atoms with E-state index in [0.29, 0.717) is 19.1 Å². The Labute approximate surface area is 123 Å². The van der Waals surface area contributed by atoms with E-state index in [1.54, 1.807) is 0 Å². The van der Waals surface area contributed by atoms with Crippen LogP contribution in [0.4, 0.5) is 4.39 Å². The fraction of sp³-hybridized carbons (Fsp3) is 0.538. The van der Waals surface area contributed by atoms with Crippen molar-refractivity contribution in [2.24, 2.45) is 0 Å². The molecule has 2 heterocycles. The maximum atomic E-state index is 13.9. The van der Waals surface area contributed by atoms with Crippen molar-refractivity contribution in [3.63, 3.8) is 0 Å². The van der Waals surface area contributed by atoms with Crippen LogP contribution in [-0.4, -0.2) is 37.9 Å². The highest BCUT2D eigenvalue weighted by Gasteiger charge is 2.36. The van der Waals surface area contributed by atoms with E-state index in [-0.39, 0.29) is 11.1 Å². The van der Waals surface area contributed by atoms with Crippen molar-refractivity contribution in [1.29, 1.82) is 0 Å². The molecule has 1 aromatic rings. The van der Waals surface area contributed by atoms with Gasteiger partial charge in [0.2, 0.25) is 10.0 Å². The molecule has 0 aliphatic carbocycles. The Morgan fingerprint density at radius 3 is 2.75 bits per heavy atom. The van der Waals surface area contributed by atoms with Gasteiger partial charge in [-0.3, -0.25) is 0 Å². The number of fused-ring (bicyclic) bond motifs is 2. The molecule has 2 bridgehead atoms. The molecule has 2 saturated heterocycles. The first kappa shape index (κ1) is 14.3. The minimum absolute atomic E-state index is 0.0626. The molecule has 0 radical (unpaired) electrons. The van der Waals surface area contributed by atoms with E-state index in [2.05, 4.69) is 5.32 Å². The second-order valence-electron chi connectivity index (χ2n) is 5.34. The Hall–Kier alpha value is -0.690. The smallest absolute Gasteiger partial charge is 0.247 e. The quantitative estimate of drug-likeness (QED) is 0.907. The third-order valence-electron chi connectivity index (χ3n) is 4.00. The number of halogens is 2. The van der Waals surface area contributed by atoms with Gasteiger partial charge >= 0.3 is 0 Å². The number of nitrogens with one attached hydrogen (secondary N) is 1. The summed E-state index contributed by atoms with van der Waals surface area (Å²) in [6.07, 6.45) is 2.79. The van der Waals surface area contributed by atoms with Crippen molar-refractivity contribution in [1.82, 2.24) is 9.62 Å². The summed E-state index contributed by atoms with van der Waals surface area (Å²) in [6, 6.07) is 4.46. The zero-order chi connectivity index (χ0) is 14.3. The van der Waals surface area contributed by atoms with Gasteiger partial charge in [0, 0.05) is 25.2 Å². The molecule has 2 atom stereocenters. The fourth-order valence-corrected chi connectivity index (χ4v) is 5.05. The SMILES string of the molecule is O=S(=O)(c1c(F)cccc1Cl)N1CCC2CCC(C1)N2. The number of benzene rings is 1. The summed E-state index contributed by atoms with van der Waals surface area (Å²) in [5.41, 5.74) is 0. The predicted octanol–water partition coefficient (Wildman–Crippen LogP) is 1.99. The standard InChI is InChI=1S/C13H16ClFN2O2S/c14-11-2-1-3-12(15)13(11)20(18,19)17-7-6-9-4-5-10(8-17)16-9/h1-3,9-10,16H,4-8H2. The van der Waals surface area contributed by atoms with Crippen molar-refractivity contribution < 1.29 is 12.8 Å². The molecule has 1 N–H and O–H groups in total. The van der Waals surface area contributed by atoms with Gasteiger partial charge in [-0.1, -0.05) is 17.7 Å². The van der Waals surface area contributed by atoms with Crippen LogP contribution in [0.2, 0.25) is 5.02 Å². The molecule has 20 heavy (non-hydrogen) atoms. The van der Waals surface area contributed by atoms with Crippen LogP contribution >= 0.6 is 11.6 Å². The predicted molar refractivity (Wildman–Crippen MR) is 74.7 cm³/mol. The summed E-state index contributed by atoms with van der Waals surface area (Å²) in [4.78, 5) is -0.403. The van der Waals surface area contributed by atoms with Crippen molar-refractivity contribution in [3.05, 3.63) is 29.0 Å². The summed E-state index contributed by atoms with van der Waals surface area (Å²) >= 11 is 5.89. The molecule has 2 aliphatic rings. The van der Waals surface area contributed by atoms with Crippen molar-refractivity contribution in [2.75, 3.05) is 13.1 Å². The fourth-order valence-electron chi connectivity index (χ4n) is 2.99. The molecule has 1 aromatic carbocycles. The van der Waals surface area contributed by atoms with Gasteiger partial charge in [-0.15, -0.1) is 0 Å². The molecule has 3 rings (SSSR count). The summed E-state index contributed by atoms with van der Waals surface area (Å²) in [6.45, 7) is 0.782. The first-order chi connectivity index (χ1) is 9.48. The van der Waals surface area contributed by atoms with Gasteiger partial charge in [-0.05, 0) is 31.4 Å². The molecule has 0 spiro atoms. The van der Waals surface area contributed by atoms with Crippen LogP contribution in [0, 0.1) is 5.82 Å². The molecule has 0 aromatic heterocycles. The lowest BCUT2D eigenvalue weighted by atomic mass is 10.1. The number of hydrogen-bond donors (Lipinski definition) is 1. The second-order valence-corrected chi connectivity index (χ2v) is 7.62. The van der Waals surface area contributed by atoms with E-state index in [0.717, 1.165) is 25.3 Å². The van der Waals surface area contributed by atoms with Gasteiger partial charge in [0.25, 0.3) is 0 Å². The lowest BCUT2D eigenvalue weighted by molar-refractivity contribution is 0.381. The lowest BCUT2D eigenvalue weighted by Crippen LogP contribution is -2.39. The molecule has 2 aliphatic heterocycles. The summed E-state index contributed by atoms with van der Waals surface area (Å²) in [5, 5.41) is 3.34. The van der Waals surface area contributed by atoms with Crippen LogP contribution in [0.5, 0.6) is 0 Å². The first-order valence-corrected chi connectivity index (χ1v) is 8.50. The maximum Gasteiger partial charge on any atom is 0.247 e. The number of hydrogen-bond acceptors (Lipinski definition) is 3. The van der Waals surface area contributed by atoms with Crippen LogP contribution in [0.25, 0.3) is 0 Å². The molecule has 0 saturated carbocycles. The van der Waals surface area contributed by atoms with E-state index in [4.69, 9.17) is 11.6 Å². The van der Waals surface area contributed by atoms with Crippen LogP contribution in [0.1, 0.15) is 19.3 Å². The summed E-state index contributed by atoms with van der Waals surface area (Å²) in [7, 11) is -3.88. The highest BCUT2D eigenvalue weighted by Crippen LogP contribution is 2.30. The average molecular weight is 319 g/mol. The molecule has 4 nitrogen and oxygen atoms in total. The molecule has 2 fully saturated rings. The Morgan fingerprint density at radius 1 is 1.25 bits per heavy atom. The monoisotopic (exact) mass is 318 g/mol. The number of sulfonamides is 1. The topological polar surface area (TPSA) is 49.4 Å². The highest BCUT2D eigenvalue weighted by molar-refractivity contribution is 7.89. The van der Waals surface area contributed by atoms with E-state index in [1.165, 1.54) is 16.4 Å². The van der Waals surface area contributed by atoms with E-state index < -0.39 is 20.7 Å². The number of rotatable bonds is 2. The van der Waals surface area contributed by atoms with Crippen LogP contribution in [0.3, 0.4) is 0 Å². The zero-order valence-corrected chi connectivity index (χ0v) is 12.4. The summed E-state index contributed by atoms with van der Waals surface area (Å²) in [5.74, 6) is -0.792. The molecular weight excluding hydrogens is 303 g/mol. The minimum atomic E-state index is -3.88. The van der Waals surface area contributed by atoms with Crippen molar-refractivity contribution in [3.8, 4) is 0 Å². The Balaban J connectivity index is 1.95. The zero-order valence-electron chi connectivity index (χ0n) is 10.9. The van der Waals surface area contributed by atoms with Crippen LogP contribution < -0.4 is 5.32 Å². The number of nitrogens with zero attached hydrogens (tertiary/aromatic N) is 1. The van der Waals surface area contributed by atoms with Gasteiger partial charge in [-0.25, -0.2) is 12.8 Å². The Bertz CT molecular complexity index is 603. The highest BCUT2D eigenvalue weighted by atomic mass is 35.5. The minimum Gasteiger partial charge on any atom is -0.310 e. The van der Waals surface area contributed by atoms with E-state index >= 15 is 0 Å². The van der Waals surface area contributed by atoms with Crippen molar-refractivity contribution >= 4 is 21.6 Å². The largest absolute Gasteiger partial charge is 0.310 e. The molecule has 110 valence electrons. The molecule has 7 heteroatoms. The van der Waals surface area contributed by atoms with Crippen molar-refractivity contribution in [2.45, 2.75) is 36.2 Å². The van der Waals surface area contributed by atoms with Gasteiger partial charge < -0.3 is 5.32 Å². The molecule has 0 amide bonds. The maximum absolute atomic E-state index is 13.9. The Morgan fingerprint density at radius 2 is 2.00 bits per heavy atom. The molecule has 2 unspecified atom stereocenters. The second kappa shape index (κ2) is 5.26. The van der Waals surface area contributed by atoms with Gasteiger partial charge in [-0.2, -0.15) is 4.31 Å². The Kier molecular flexibility index (Phi) is 3.75. The van der Waals surface area contributed by atoms with Gasteiger partial charge in [0.1, 0.15) is 10.7 Å². The third-order valence-corrected chi connectivity index (χ3v) is 6.37. The van der Waals surface area contributed by atoms with E-state index in [1.807, 2.05) is 0 Å². The van der Waals surface area contributed by atoms with E-state index in [9.17, 15) is 12.8 Å². The molecular formula is C13H16ClFN2O2S.